The Morgan fingerprint density at radius 3 is 2.03 bits per heavy atom. The van der Waals surface area contributed by atoms with Gasteiger partial charge in [0.05, 0.1) is 18.1 Å². The molecular weight excluding hydrogens is 366 g/mol. The molecule has 0 N–H and O–H groups in total. The van der Waals surface area contributed by atoms with Crippen LogP contribution in [0.2, 0.25) is 0 Å². The van der Waals surface area contributed by atoms with Gasteiger partial charge in [-0.25, -0.2) is 0 Å². The Hall–Kier alpha value is -2.92. The molecule has 2 aromatic carbocycles. The van der Waals surface area contributed by atoms with Crippen LogP contribution in [0.5, 0.6) is 5.75 Å². The van der Waals surface area contributed by atoms with E-state index < -0.39 is 4.92 Å². The average molecular weight is 395 g/mol. The van der Waals surface area contributed by atoms with E-state index in [1.165, 1.54) is 12.1 Å². The lowest BCUT2D eigenvalue weighted by atomic mass is 10.1. The first-order chi connectivity index (χ1) is 14.0. The second kappa shape index (κ2) is 12.5. The molecule has 0 fully saturated rings. The maximum Gasteiger partial charge on any atom is 0.269 e. The summed E-state index contributed by atoms with van der Waals surface area (Å²) >= 11 is 0. The summed E-state index contributed by atoms with van der Waals surface area (Å²) in [4.78, 5) is 10.3. The third-order valence-corrected chi connectivity index (χ3v) is 4.25. The lowest BCUT2D eigenvalue weighted by Gasteiger charge is -2.07. The molecule has 0 atom stereocenters. The van der Waals surface area contributed by atoms with Crippen LogP contribution in [-0.2, 0) is 4.74 Å². The Morgan fingerprint density at radius 2 is 1.48 bits per heavy atom. The molecule has 0 heterocycles. The Balaban J connectivity index is 1.64. The number of non-ortho nitro benzene ring substituents is 1. The van der Waals surface area contributed by atoms with Crippen LogP contribution >= 0.6 is 0 Å². The van der Waals surface area contributed by atoms with Crippen LogP contribution in [0.4, 0.5) is 5.69 Å². The third kappa shape index (κ3) is 9.21. The van der Waals surface area contributed by atoms with Gasteiger partial charge >= 0.3 is 0 Å². The lowest BCUT2D eigenvalue weighted by molar-refractivity contribution is -0.384. The normalized spacial score (nSPS) is 10.9. The highest BCUT2D eigenvalue weighted by Crippen LogP contribution is 2.17. The lowest BCUT2D eigenvalue weighted by Crippen LogP contribution is -1.99. The van der Waals surface area contributed by atoms with E-state index in [-0.39, 0.29) is 5.69 Å². The van der Waals surface area contributed by atoms with Crippen LogP contribution < -0.4 is 4.74 Å². The van der Waals surface area contributed by atoms with Crippen molar-refractivity contribution in [2.75, 3.05) is 19.8 Å². The molecule has 0 unspecified atom stereocenters. The van der Waals surface area contributed by atoms with Crippen LogP contribution in [0.1, 0.15) is 43.7 Å². The number of ether oxygens (including phenoxy) is 2. The van der Waals surface area contributed by atoms with E-state index in [4.69, 9.17) is 9.47 Å². The summed E-state index contributed by atoms with van der Waals surface area (Å²) < 4.78 is 11.3. The zero-order valence-corrected chi connectivity index (χ0v) is 17.0. The Kier molecular flexibility index (Phi) is 9.66. The monoisotopic (exact) mass is 395 g/mol. The standard InChI is InChI=1S/C24H29NO4/c1-20(2)19-28-17-5-3-4-6-18-29-24-15-11-22(12-16-24)8-7-21-9-13-23(14-10-21)25(26)27/h7-16H,1,3-6,17-19H2,2H3/b8-7+. The fourth-order valence-corrected chi connectivity index (χ4v) is 2.67. The first kappa shape index (κ1) is 22.4. The number of nitrogens with zero attached hydrogens (tertiary/aromatic N) is 1. The summed E-state index contributed by atoms with van der Waals surface area (Å²) in [6.45, 7) is 7.95. The predicted octanol–water partition coefficient (Wildman–Crippen LogP) is 6.30. The Labute approximate surface area is 172 Å². The van der Waals surface area contributed by atoms with Gasteiger partial charge in [-0.15, -0.1) is 0 Å². The molecule has 0 amide bonds. The zero-order valence-electron chi connectivity index (χ0n) is 17.0. The number of hydrogen-bond donors (Lipinski definition) is 0. The molecule has 0 aliphatic rings. The van der Waals surface area contributed by atoms with Gasteiger partial charge in [-0.2, -0.15) is 0 Å². The first-order valence-electron chi connectivity index (χ1n) is 9.92. The number of benzene rings is 2. The molecule has 5 heteroatoms. The fourth-order valence-electron chi connectivity index (χ4n) is 2.67. The van der Waals surface area contributed by atoms with Crippen molar-refractivity contribution in [1.82, 2.24) is 0 Å². The van der Waals surface area contributed by atoms with E-state index >= 15 is 0 Å². The molecule has 0 saturated carbocycles. The zero-order chi connectivity index (χ0) is 20.9. The van der Waals surface area contributed by atoms with Crippen molar-refractivity contribution in [2.45, 2.75) is 32.6 Å². The largest absolute Gasteiger partial charge is 0.494 e. The molecule has 0 radical (unpaired) electrons. The van der Waals surface area contributed by atoms with Gasteiger partial charge in [0.25, 0.3) is 5.69 Å². The highest BCUT2D eigenvalue weighted by atomic mass is 16.6. The minimum absolute atomic E-state index is 0.0970. The average Bonchev–Trinajstić information content (AvgIpc) is 2.72. The van der Waals surface area contributed by atoms with Gasteiger partial charge in [0.15, 0.2) is 0 Å². The molecular formula is C24H29NO4. The molecule has 2 aromatic rings. The van der Waals surface area contributed by atoms with Crippen LogP contribution in [0, 0.1) is 10.1 Å². The van der Waals surface area contributed by atoms with Gasteiger partial charge in [-0.05, 0) is 61.6 Å². The van der Waals surface area contributed by atoms with Crippen molar-refractivity contribution in [3.63, 3.8) is 0 Å². The van der Waals surface area contributed by atoms with E-state index in [1.54, 1.807) is 12.1 Å². The van der Waals surface area contributed by atoms with Crippen LogP contribution in [0.25, 0.3) is 12.2 Å². The molecule has 0 aliphatic heterocycles. The van der Waals surface area contributed by atoms with Crippen LogP contribution in [-0.4, -0.2) is 24.7 Å². The van der Waals surface area contributed by atoms with Gasteiger partial charge in [-0.3, -0.25) is 10.1 Å². The molecule has 5 nitrogen and oxygen atoms in total. The fraction of sp³-hybridized carbons (Fsp3) is 0.333. The number of nitro groups is 1. The number of nitro benzene ring substituents is 1. The highest BCUT2D eigenvalue weighted by molar-refractivity contribution is 5.70. The summed E-state index contributed by atoms with van der Waals surface area (Å²) in [7, 11) is 0. The second-order valence-electron chi connectivity index (χ2n) is 7.02. The van der Waals surface area contributed by atoms with Gasteiger partial charge in [-0.1, -0.05) is 42.9 Å². The summed E-state index contributed by atoms with van der Waals surface area (Å²) in [5.41, 5.74) is 3.12. The van der Waals surface area contributed by atoms with E-state index in [0.717, 1.165) is 54.7 Å². The van der Waals surface area contributed by atoms with Crippen molar-refractivity contribution in [3.8, 4) is 5.75 Å². The molecule has 29 heavy (non-hydrogen) atoms. The second-order valence-corrected chi connectivity index (χ2v) is 7.02. The molecule has 154 valence electrons. The maximum absolute atomic E-state index is 10.7. The van der Waals surface area contributed by atoms with Crippen molar-refractivity contribution < 1.29 is 14.4 Å². The molecule has 0 aromatic heterocycles. The number of unbranched alkanes of at least 4 members (excludes halogenated alkanes) is 3. The molecule has 0 bridgehead atoms. The van der Waals surface area contributed by atoms with Crippen molar-refractivity contribution in [2.24, 2.45) is 0 Å². The topological polar surface area (TPSA) is 61.6 Å². The molecule has 0 saturated heterocycles. The van der Waals surface area contributed by atoms with E-state index in [1.807, 2.05) is 43.3 Å². The summed E-state index contributed by atoms with van der Waals surface area (Å²) in [6, 6.07) is 14.4. The third-order valence-electron chi connectivity index (χ3n) is 4.25. The highest BCUT2D eigenvalue weighted by Gasteiger charge is 2.02. The molecule has 0 aliphatic carbocycles. The minimum Gasteiger partial charge on any atom is -0.494 e. The van der Waals surface area contributed by atoms with E-state index in [9.17, 15) is 10.1 Å². The minimum atomic E-state index is -0.397. The summed E-state index contributed by atoms with van der Waals surface area (Å²) in [5, 5.41) is 10.7. The Bertz CT molecular complexity index is 795. The van der Waals surface area contributed by atoms with E-state index in [2.05, 4.69) is 6.58 Å². The predicted molar refractivity (Wildman–Crippen MR) is 118 cm³/mol. The number of hydrogen-bond acceptors (Lipinski definition) is 4. The van der Waals surface area contributed by atoms with Crippen molar-refractivity contribution in [1.29, 1.82) is 0 Å². The number of rotatable bonds is 13. The molecule has 2 rings (SSSR count). The van der Waals surface area contributed by atoms with Crippen molar-refractivity contribution in [3.05, 3.63) is 81.9 Å². The SMILES string of the molecule is C=C(C)COCCCCCCOc1ccc(/C=C/c2ccc([N+](=O)[O-])cc2)cc1. The first-order valence-corrected chi connectivity index (χ1v) is 9.92. The quantitative estimate of drug-likeness (QED) is 0.131. The summed E-state index contributed by atoms with van der Waals surface area (Å²) in [6.07, 6.45) is 8.28. The van der Waals surface area contributed by atoms with Crippen LogP contribution in [0.15, 0.2) is 60.7 Å². The van der Waals surface area contributed by atoms with Gasteiger partial charge in [0.2, 0.25) is 0 Å². The molecule has 0 spiro atoms. The smallest absolute Gasteiger partial charge is 0.269 e. The van der Waals surface area contributed by atoms with Gasteiger partial charge in [0, 0.05) is 18.7 Å². The summed E-state index contributed by atoms with van der Waals surface area (Å²) in [5.74, 6) is 0.863. The van der Waals surface area contributed by atoms with Crippen molar-refractivity contribution >= 4 is 17.8 Å². The van der Waals surface area contributed by atoms with Crippen LogP contribution in [0.3, 0.4) is 0 Å². The van der Waals surface area contributed by atoms with Gasteiger partial charge in [0.1, 0.15) is 5.75 Å². The van der Waals surface area contributed by atoms with Gasteiger partial charge < -0.3 is 9.47 Å². The van der Waals surface area contributed by atoms with E-state index in [0.29, 0.717) is 13.2 Å². The Morgan fingerprint density at radius 1 is 0.931 bits per heavy atom. The maximum atomic E-state index is 10.7.